The minimum atomic E-state index is -0.600. The highest BCUT2D eigenvalue weighted by Crippen LogP contribution is 2.18. The maximum Gasteiger partial charge on any atom is 0.336 e. The Hall–Kier alpha value is -2.95. The van der Waals surface area contributed by atoms with Gasteiger partial charge in [-0.3, -0.25) is 4.79 Å². The summed E-state index contributed by atoms with van der Waals surface area (Å²) in [6, 6.07) is 10.6. The van der Waals surface area contributed by atoms with E-state index in [9.17, 15) is 14.0 Å². The number of rotatable bonds is 5. The summed E-state index contributed by atoms with van der Waals surface area (Å²) in [6.45, 7) is 1.46. The van der Waals surface area contributed by atoms with E-state index in [1.54, 1.807) is 18.2 Å². The SMILES string of the molecule is COc1ccc(/C=C/C(=O)Oc2ccc(C(C)=O)cc2)cc1F. The Morgan fingerprint density at radius 1 is 1.09 bits per heavy atom. The Balaban J connectivity index is 2.01. The van der Waals surface area contributed by atoms with Crippen LogP contribution in [0.4, 0.5) is 4.39 Å². The molecule has 2 rings (SSSR count). The van der Waals surface area contributed by atoms with Crippen molar-refractivity contribution < 1.29 is 23.5 Å². The van der Waals surface area contributed by atoms with Crippen molar-refractivity contribution in [2.75, 3.05) is 7.11 Å². The number of ether oxygens (including phenoxy) is 2. The Morgan fingerprint density at radius 3 is 2.35 bits per heavy atom. The molecule has 4 nitrogen and oxygen atoms in total. The molecule has 0 atom stereocenters. The summed E-state index contributed by atoms with van der Waals surface area (Å²) in [7, 11) is 1.38. The number of Topliss-reactive ketones (excluding diaryl/α,β-unsaturated/α-hetero) is 1. The molecule has 0 bridgehead atoms. The van der Waals surface area contributed by atoms with E-state index in [1.807, 2.05) is 0 Å². The molecule has 0 aliphatic rings. The van der Waals surface area contributed by atoms with Gasteiger partial charge in [0.05, 0.1) is 7.11 Å². The van der Waals surface area contributed by atoms with Crippen LogP contribution in [-0.4, -0.2) is 18.9 Å². The quantitative estimate of drug-likeness (QED) is 0.366. The van der Waals surface area contributed by atoms with Gasteiger partial charge in [0.25, 0.3) is 0 Å². The number of methoxy groups -OCH3 is 1. The van der Waals surface area contributed by atoms with Gasteiger partial charge in [-0.25, -0.2) is 9.18 Å². The first kappa shape index (κ1) is 16.4. The summed E-state index contributed by atoms with van der Waals surface area (Å²) in [5.74, 6) is -0.718. The molecule has 2 aromatic carbocycles. The number of esters is 1. The summed E-state index contributed by atoms with van der Waals surface area (Å²) >= 11 is 0. The van der Waals surface area contributed by atoms with Crippen molar-refractivity contribution in [2.24, 2.45) is 0 Å². The van der Waals surface area contributed by atoms with Crippen molar-refractivity contribution in [2.45, 2.75) is 6.92 Å². The van der Waals surface area contributed by atoms with Crippen LogP contribution in [-0.2, 0) is 4.79 Å². The third kappa shape index (κ3) is 4.51. The van der Waals surface area contributed by atoms with Gasteiger partial charge in [-0.15, -0.1) is 0 Å². The first-order valence-corrected chi connectivity index (χ1v) is 6.84. The summed E-state index contributed by atoms with van der Waals surface area (Å²) < 4.78 is 23.4. The molecule has 0 N–H and O–H groups in total. The average molecular weight is 314 g/mol. The Morgan fingerprint density at radius 2 is 1.78 bits per heavy atom. The van der Waals surface area contributed by atoms with Crippen molar-refractivity contribution >= 4 is 17.8 Å². The van der Waals surface area contributed by atoms with Crippen molar-refractivity contribution in [3.8, 4) is 11.5 Å². The number of halogens is 1. The summed E-state index contributed by atoms with van der Waals surface area (Å²) in [5, 5.41) is 0. The highest BCUT2D eigenvalue weighted by molar-refractivity contribution is 5.94. The Bertz CT molecular complexity index is 748. The molecule has 0 saturated carbocycles. The molecule has 0 heterocycles. The van der Waals surface area contributed by atoms with Gasteiger partial charge >= 0.3 is 5.97 Å². The first-order valence-electron chi connectivity index (χ1n) is 6.84. The lowest BCUT2D eigenvalue weighted by molar-refractivity contribution is -0.128. The van der Waals surface area contributed by atoms with Crippen LogP contribution in [0, 0.1) is 5.82 Å². The van der Waals surface area contributed by atoms with E-state index in [0.717, 1.165) is 0 Å². The molecule has 0 aliphatic carbocycles. The number of hydrogen-bond donors (Lipinski definition) is 0. The monoisotopic (exact) mass is 314 g/mol. The maximum atomic E-state index is 13.5. The largest absolute Gasteiger partial charge is 0.494 e. The molecule has 0 amide bonds. The second-order valence-corrected chi connectivity index (χ2v) is 4.73. The second-order valence-electron chi connectivity index (χ2n) is 4.73. The third-order valence-electron chi connectivity index (χ3n) is 3.07. The van der Waals surface area contributed by atoms with Gasteiger partial charge < -0.3 is 9.47 Å². The minimum absolute atomic E-state index is 0.0655. The lowest BCUT2D eigenvalue weighted by atomic mass is 10.1. The number of hydrogen-bond acceptors (Lipinski definition) is 4. The van der Waals surface area contributed by atoms with Gasteiger partial charge in [-0.1, -0.05) is 6.07 Å². The van der Waals surface area contributed by atoms with Gasteiger partial charge in [0.2, 0.25) is 0 Å². The van der Waals surface area contributed by atoms with Crippen molar-refractivity contribution in [3.63, 3.8) is 0 Å². The summed E-state index contributed by atoms with van der Waals surface area (Å²) in [6.07, 6.45) is 2.63. The van der Waals surface area contributed by atoms with E-state index in [2.05, 4.69) is 0 Å². The number of carbonyl (C=O) groups excluding carboxylic acids is 2. The molecule has 0 fully saturated rings. The standard InChI is InChI=1S/C18H15FO4/c1-12(20)14-5-7-15(8-6-14)23-18(21)10-4-13-3-9-17(22-2)16(19)11-13/h3-11H,1-2H3/b10-4+. The molecule has 0 aliphatic heterocycles. The van der Waals surface area contributed by atoms with Crippen LogP contribution < -0.4 is 9.47 Å². The fraction of sp³-hybridized carbons (Fsp3) is 0.111. The van der Waals surface area contributed by atoms with Crippen LogP contribution in [0.25, 0.3) is 6.08 Å². The highest BCUT2D eigenvalue weighted by atomic mass is 19.1. The van der Waals surface area contributed by atoms with Crippen molar-refractivity contribution in [1.29, 1.82) is 0 Å². The van der Waals surface area contributed by atoms with Crippen LogP contribution >= 0.6 is 0 Å². The number of ketones is 1. The lowest BCUT2D eigenvalue weighted by Gasteiger charge is -2.03. The molecule has 0 saturated heterocycles. The minimum Gasteiger partial charge on any atom is -0.494 e. The maximum absolute atomic E-state index is 13.5. The van der Waals surface area contributed by atoms with E-state index >= 15 is 0 Å². The predicted octanol–water partition coefficient (Wildman–Crippen LogP) is 3.66. The molecule has 5 heteroatoms. The van der Waals surface area contributed by atoms with E-state index < -0.39 is 11.8 Å². The topological polar surface area (TPSA) is 52.6 Å². The van der Waals surface area contributed by atoms with Crippen LogP contribution in [0.3, 0.4) is 0 Å². The normalized spacial score (nSPS) is 10.6. The molecular weight excluding hydrogens is 299 g/mol. The first-order chi connectivity index (χ1) is 11.0. The number of benzene rings is 2. The lowest BCUT2D eigenvalue weighted by Crippen LogP contribution is -2.04. The molecule has 0 aromatic heterocycles. The Kier molecular flexibility index (Phi) is 5.25. The second kappa shape index (κ2) is 7.35. The number of carbonyl (C=O) groups is 2. The van der Waals surface area contributed by atoms with Crippen molar-refractivity contribution in [3.05, 3.63) is 65.5 Å². The van der Waals surface area contributed by atoms with Crippen molar-refractivity contribution in [1.82, 2.24) is 0 Å². The zero-order valence-corrected chi connectivity index (χ0v) is 12.7. The average Bonchev–Trinajstić information content (AvgIpc) is 2.53. The van der Waals surface area contributed by atoms with Gasteiger partial charge in [0.1, 0.15) is 5.75 Å². The van der Waals surface area contributed by atoms with Gasteiger partial charge in [0.15, 0.2) is 17.3 Å². The molecule has 0 radical (unpaired) electrons. The molecule has 118 valence electrons. The highest BCUT2D eigenvalue weighted by Gasteiger charge is 2.04. The van der Waals surface area contributed by atoms with Crippen LogP contribution in [0.2, 0.25) is 0 Å². The van der Waals surface area contributed by atoms with Crippen LogP contribution in [0.15, 0.2) is 48.5 Å². The van der Waals surface area contributed by atoms with Gasteiger partial charge in [-0.05, 0) is 55.0 Å². The van der Waals surface area contributed by atoms with Gasteiger partial charge in [0, 0.05) is 11.6 Å². The van der Waals surface area contributed by atoms with E-state index in [0.29, 0.717) is 16.9 Å². The smallest absolute Gasteiger partial charge is 0.336 e. The van der Waals surface area contributed by atoms with E-state index in [4.69, 9.17) is 9.47 Å². The summed E-state index contributed by atoms with van der Waals surface area (Å²) in [5.41, 5.74) is 1.04. The zero-order chi connectivity index (χ0) is 16.8. The zero-order valence-electron chi connectivity index (χ0n) is 12.7. The third-order valence-corrected chi connectivity index (χ3v) is 3.07. The molecule has 0 unspecified atom stereocenters. The molecule has 2 aromatic rings. The fourth-order valence-electron chi connectivity index (χ4n) is 1.86. The predicted molar refractivity (Wildman–Crippen MR) is 84.1 cm³/mol. The molecule has 0 spiro atoms. The van der Waals surface area contributed by atoms with E-state index in [1.165, 1.54) is 50.5 Å². The van der Waals surface area contributed by atoms with E-state index in [-0.39, 0.29) is 11.5 Å². The van der Waals surface area contributed by atoms with Gasteiger partial charge in [-0.2, -0.15) is 0 Å². The van der Waals surface area contributed by atoms with Crippen LogP contribution in [0.5, 0.6) is 11.5 Å². The summed E-state index contributed by atoms with van der Waals surface area (Å²) in [4.78, 5) is 22.9. The molecular formula is C18H15FO4. The Labute approximate surface area is 133 Å². The molecule has 23 heavy (non-hydrogen) atoms. The fourth-order valence-corrected chi connectivity index (χ4v) is 1.86. The van der Waals surface area contributed by atoms with Crippen LogP contribution in [0.1, 0.15) is 22.8 Å².